The van der Waals surface area contributed by atoms with Crippen LogP contribution in [0.1, 0.15) is 26.7 Å². The Morgan fingerprint density at radius 3 is 2.76 bits per heavy atom. The summed E-state index contributed by atoms with van der Waals surface area (Å²) in [4.78, 5) is 24.3. The molecular formula is C12H18N2O3. The summed E-state index contributed by atoms with van der Waals surface area (Å²) in [6.07, 6.45) is 6.13. The van der Waals surface area contributed by atoms with Crippen LogP contribution in [0.4, 0.5) is 4.79 Å². The Bertz CT molecular complexity index is 348. The highest BCUT2D eigenvalue weighted by Crippen LogP contribution is 2.24. The minimum absolute atomic E-state index is 0.0939. The van der Waals surface area contributed by atoms with E-state index < -0.39 is 11.9 Å². The minimum atomic E-state index is -0.843. The van der Waals surface area contributed by atoms with Crippen molar-refractivity contribution in [1.82, 2.24) is 10.2 Å². The molecule has 0 aromatic carbocycles. The quantitative estimate of drug-likeness (QED) is 0.718. The van der Waals surface area contributed by atoms with Crippen LogP contribution in [-0.4, -0.2) is 40.6 Å². The number of carboxylic acids is 1. The van der Waals surface area contributed by atoms with Crippen molar-refractivity contribution in [3.05, 3.63) is 0 Å². The first kappa shape index (κ1) is 13.4. The van der Waals surface area contributed by atoms with Crippen LogP contribution in [0.3, 0.4) is 0 Å². The van der Waals surface area contributed by atoms with Crippen LogP contribution in [0.15, 0.2) is 0 Å². The van der Waals surface area contributed by atoms with Gasteiger partial charge in [-0.2, -0.15) is 0 Å². The van der Waals surface area contributed by atoms with E-state index in [-0.39, 0.29) is 18.1 Å². The van der Waals surface area contributed by atoms with Gasteiger partial charge >= 0.3 is 12.0 Å². The number of aliphatic carboxylic acids is 1. The smallest absolute Gasteiger partial charge is 0.317 e. The third kappa shape index (κ3) is 3.13. The van der Waals surface area contributed by atoms with Gasteiger partial charge in [0.2, 0.25) is 0 Å². The zero-order valence-corrected chi connectivity index (χ0v) is 10.1. The molecule has 3 atom stereocenters. The first-order valence-corrected chi connectivity index (χ1v) is 5.70. The summed E-state index contributed by atoms with van der Waals surface area (Å²) in [5.74, 6) is 1.16. The molecule has 5 heteroatoms. The normalized spacial score (nSPS) is 25.1. The molecule has 1 aliphatic heterocycles. The summed E-state index contributed by atoms with van der Waals surface area (Å²) in [6.45, 7) is 4.07. The lowest BCUT2D eigenvalue weighted by atomic mass is 10.0. The van der Waals surface area contributed by atoms with Crippen molar-refractivity contribution in [3.8, 4) is 12.3 Å². The molecule has 0 saturated carbocycles. The van der Waals surface area contributed by atoms with E-state index in [0.717, 1.165) is 0 Å². The van der Waals surface area contributed by atoms with E-state index in [1.54, 1.807) is 11.8 Å². The Morgan fingerprint density at radius 2 is 2.29 bits per heavy atom. The molecular weight excluding hydrogens is 220 g/mol. The van der Waals surface area contributed by atoms with Crippen molar-refractivity contribution in [3.63, 3.8) is 0 Å². The number of carbonyl (C=O) groups excluding carboxylic acids is 1. The van der Waals surface area contributed by atoms with Gasteiger partial charge in [-0.15, -0.1) is 12.3 Å². The predicted molar refractivity (Wildman–Crippen MR) is 63.4 cm³/mol. The summed E-state index contributed by atoms with van der Waals surface area (Å²) in [6, 6.07) is -0.599. The molecule has 5 nitrogen and oxygen atoms in total. The summed E-state index contributed by atoms with van der Waals surface area (Å²) < 4.78 is 0. The molecule has 1 fully saturated rings. The molecule has 1 rings (SSSR count). The monoisotopic (exact) mass is 238 g/mol. The molecule has 0 aromatic rings. The number of hydrogen-bond donors (Lipinski definition) is 2. The van der Waals surface area contributed by atoms with Gasteiger partial charge in [0.25, 0.3) is 0 Å². The lowest BCUT2D eigenvalue weighted by Gasteiger charge is -2.25. The molecule has 3 unspecified atom stereocenters. The van der Waals surface area contributed by atoms with Crippen LogP contribution in [0.2, 0.25) is 0 Å². The molecule has 1 heterocycles. The SMILES string of the molecule is C#CCC(C)NC(=O)N1CCC(C(=O)O)C1C. The molecule has 17 heavy (non-hydrogen) atoms. The molecule has 0 bridgehead atoms. The number of amides is 2. The summed E-state index contributed by atoms with van der Waals surface area (Å²) in [5, 5.41) is 11.7. The lowest BCUT2D eigenvalue weighted by Crippen LogP contribution is -2.46. The average molecular weight is 238 g/mol. The third-order valence-electron chi connectivity index (χ3n) is 3.13. The van der Waals surface area contributed by atoms with E-state index in [4.69, 9.17) is 11.5 Å². The van der Waals surface area contributed by atoms with Crippen molar-refractivity contribution in [2.24, 2.45) is 5.92 Å². The number of hydrogen-bond acceptors (Lipinski definition) is 2. The Labute approximate surface area is 101 Å². The number of nitrogens with zero attached hydrogens (tertiary/aromatic N) is 1. The van der Waals surface area contributed by atoms with Crippen LogP contribution in [0.25, 0.3) is 0 Å². The van der Waals surface area contributed by atoms with Gasteiger partial charge in [-0.1, -0.05) is 0 Å². The second-order valence-corrected chi connectivity index (χ2v) is 4.43. The maximum Gasteiger partial charge on any atom is 0.317 e. The molecule has 1 saturated heterocycles. The summed E-state index contributed by atoms with van der Waals surface area (Å²) in [5.41, 5.74) is 0. The molecule has 2 amide bonds. The number of rotatable bonds is 3. The molecule has 0 spiro atoms. The fourth-order valence-electron chi connectivity index (χ4n) is 2.08. The summed E-state index contributed by atoms with van der Waals surface area (Å²) in [7, 11) is 0. The van der Waals surface area contributed by atoms with Gasteiger partial charge in [-0.25, -0.2) is 4.79 Å². The number of terminal acetylenes is 1. The number of urea groups is 1. The van der Waals surface area contributed by atoms with E-state index >= 15 is 0 Å². The maximum absolute atomic E-state index is 11.9. The zero-order chi connectivity index (χ0) is 13.0. The van der Waals surface area contributed by atoms with Gasteiger partial charge in [0, 0.05) is 25.0 Å². The first-order chi connectivity index (χ1) is 7.97. The van der Waals surface area contributed by atoms with Gasteiger partial charge in [-0.05, 0) is 20.3 Å². The standard InChI is InChI=1S/C12H18N2O3/c1-4-5-8(2)13-12(17)14-7-6-10(9(14)3)11(15)16/h1,8-10H,5-7H2,2-3H3,(H,13,17)(H,15,16). The fraction of sp³-hybridized carbons (Fsp3) is 0.667. The van der Waals surface area contributed by atoms with Gasteiger partial charge in [0.05, 0.1) is 5.92 Å². The van der Waals surface area contributed by atoms with Crippen LogP contribution >= 0.6 is 0 Å². The maximum atomic E-state index is 11.9. The van der Waals surface area contributed by atoms with E-state index in [1.165, 1.54) is 0 Å². The second kappa shape index (κ2) is 5.58. The van der Waals surface area contributed by atoms with Crippen molar-refractivity contribution < 1.29 is 14.7 Å². The topological polar surface area (TPSA) is 69.6 Å². The Kier molecular flexibility index (Phi) is 4.38. The van der Waals surface area contributed by atoms with E-state index in [9.17, 15) is 9.59 Å². The van der Waals surface area contributed by atoms with Gasteiger partial charge in [0.1, 0.15) is 0 Å². The van der Waals surface area contributed by atoms with Crippen LogP contribution in [0.5, 0.6) is 0 Å². The fourth-order valence-corrected chi connectivity index (χ4v) is 2.08. The van der Waals surface area contributed by atoms with Crippen molar-refractivity contribution in [1.29, 1.82) is 0 Å². The van der Waals surface area contributed by atoms with Crippen molar-refractivity contribution in [2.75, 3.05) is 6.54 Å². The predicted octanol–water partition coefficient (Wildman–Crippen LogP) is 0.903. The van der Waals surface area contributed by atoms with Crippen molar-refractivity contribution >= 4 is 12.0 Å². The van der Waals surface area contributed by atoms with E-state index in [2.05, 4.69) is 11.2 Å². The van der Waals surface area contributed by atoms with Gasteiger partial charge < -0.3 is 15.3 Å². The molecule has 0 aliphatic carbocycles. The molecule has 1 aliphatic rings. The highest BCUT2D eigenvalue weighted by Gasteiger charge is 2.38. The van der Waals surface area contributed by atoms with Crippen LogP contribution < -0.4 is 5.32 Å². The Morgan fingerprint density at radius 1 is 1.65 bits per heavy atom. The molecule has 0 radical (unpaired) electrons. The Balaban J connectivity index is 2.55. The second-order valence-electron chi connectivity index (χ2n) is 4.43. The van der Waals surface area contributed by atoms with Crippen molar-refractivity contribution in [2.45, 2.75) is 38.8 Å². The van der Waals surface area contributed by atoms with E-state index in [0.29, 0.717) is 19.4 Å². The minimum Gasteiger partial charge on any atom is -0.481 e. The van der Waals surface area contributed by atoms with Gasteiger partial charge in [-0.3, -0.25) is 4.79 Å². The molecule has 94 valence electrons. The van der Waals surface area contributed by atoms with Crippen LogP contribution in [0, 0.1) is 18.3 Å². The summed E-state index contributed by atoms with van der Waals surface area (Å²) >= 11 is 0. The number of nitrogens with one attached hydrogen (secondary N) is 1. The first-order valence-electron chi connectivity index (χ1n) is 5.70. The third-order valence-corrected chi connectivity index (χ3v) is 3.13. The van der Waals surface area contributed by atoms with Crippen LogP contribution in [-0.2, 0) is 4.79 Å². The average Bonchev–Trinajstić information content (AvgIpc) is 2.60. The lowest BCUT2D eigenvalue weighted by molar-refractivity contribution is -0.142. The highest BCUT2D eigenvalue weighted by molar-refractivity contribution is 5.78. The zero-order valence-electron chi connectivity index (χ0n) is 10.1. The van der Waals surface area contributed by atoms with Gasteiger partial charge in [0.15, 0.2) is 0 Å². The van der Waals surface area contributed by atoms with E-state index in [1.807, 2.05) is 6.92 Å². The largest absolute Gasteiger partial charge is 0.481 e. The number of carbonyl (C=O) groups is 2. The Hall–Kier alpha value is -1.70. The highest BCUT2D eigenvalue weighted by atomic mass is 16.4. The number of carboxylic acid groups (broad SMARTS) is 1. The molecule has 0 aromatic heterocycles. The number of likely N-dealkylation sites (tertiary alicyclic amines) is 1. The molecule has 2 N–H and O–H groups in total.